The molecule has 2 aromatic rings. The van der Waals surface area contributed by atoms with E-state index in [1.807, 2.05) is 4.72 Å². The molecule has 0 saturated carbocycles. The molecule has 0 aromatic heterocycles. The van der Waals surface area contributed by atoms with Gasteiger partial charge in [0.15, 0.2) is 11.6 Å². The Bertz CT molecular complexity index is 845. The standard InChI is InChI=1S/C13H9F2N3O2S/c14-10-4-5-11(17)13(12(10)15)18-21(19,20)9-3-1-2-8(6-9)7-16/h1-6,18H,17H2. The second-order valence-corrected chi connectivity index (χ2v) is 5.75. The smallest absolute Gasteiger partial charge is 0.262 e. The second kappa shape index (κ2) is 5.38. The Kier molecular flexibility index (Phi) is 3.78. The highest BCUT2D eigenvalue weighted by molar-refractivity contribution is 7.92. The van der Waals surface area contributed by atoms with Gasteiger partial charge < -0.3 is 5.73 Å². The zero-order valence-electron chi connectivity index (χ0n) is 10.5. The third-order valence-corrected chi connectivity index (χ3v) is 3.98. The number of anilines is 2. The minimum Gasteiger partial charge on any atom is -0.397 e. The van der Waals surface area contributed by atoms with Gasteiger partial charge in [0.2, 0.25) is 0 Å². The predicted octanol–water partition coefficient (Wildman–Crippen LogP) is 2.22. The van der Waals surface area contributed by atoms with Crippen LogP contribution in [0.25, 0.3) is 0 Å². The summed E-state index contributed by atoms with van der Waals surface area (Å²) in [6.45, 7) is 0. The van der Waals surface area contributed by atoms with Crippen molar-refractivity contribution in [2.45, 2.75) is 4.90 Å². The summed E-state index contributed by atoms with van der Waals surface area (Å²) < 4.78 is 52.9. The third kappa shape index (κ3) is 2.93. The molecule has 0 atom stereocenters. The number of nitrogens with zero attached hydrogens (tertiary/aromatic N) is 1. The fourth-order valence-corrected chi connectivity index (χ4v) is 2.73. The van der Waals surface area contributed by atoms with E-state index in [1.54, 1.807) is 6.07 Å². The molecule has 0 bridgehead atoms. The van der Waals surface area contributed by atoms with E-state index < -0.39 is 27.3 Å². The summed E-state index contributed by atoms with van der Waals surface area (Å²) in [6.07, 6.45) is 0. The molecule has 0 radical (unpaired) electrons. The van der Waals surface area contributed by atoms with Crippen LogP contribution in [-0.2, 0) is 10.0 Å². The first kappa shape index (κ1) is 14.7. The molecule has 0 unspecified atom stereocenters. The Balaban J connectivity index is 2.48. The number of halogens is 2. The number of hydrogen-bond donors (Lipinski definition) is 2. The van der Waals surface area contributed by atoms with Crippen LogP contribution >= 0.6 is 0 Å². The number of sulfonamides is 1. The highest BCUT2D eigenvalue weighted by atomic mass is 32.2. The lowest BCUT2D eigenvalue weighted by Crippen LogP contribution is -2.16. The molecular weight excluding hydrogens is 300 g/mol. The van der Waals surface area contributed by atoms with Crippen LogP contribution < -0.4 is 10.5 Å². The zero-order valence-corrected chi connectivity index (χ0v) is 11.3. The number of nitrogens with two attached hydrogens (primary N) is 1. The van der Waals surface area contributed by atoms with Crippen LogP contribution in [0.3, 0.4) is 0 Å². The fraction of sp³-hybridized carbons (Fsp3) is 0. The normalized spacial score (nSPS) is 10.9. The van der Waals surface area contributed by atoms with Crippen molar-refractivity contribution in [3.8, 4) is 6.07 Å². The molecule has 2 aromatic carbocycles. The number of hydrogen-bond acceptors (Lipinski definition) is 4. The summed E-state index contributed by atoms with van der Waals surface area (Å²) in [5.41, 5.74) is 4.64. The molecule has 0 heterocycles. The van der Waals surface area contributed by atoms with E-state index in [-0.39, 0.29) is 16.1 Å². The summed E-state index contributed by atoms with van der Waals surface area (Å²) in [6, 6.07) is 8.72. The maximum absolute atomic E-state index is 13.6. The number of benzene rings is 2. The van der Waals surface area contributed by atoms with Gasteiger partial charge in [-0.2, -0.15) is 5.26 Å². The van der Waals surface area contributed by atoms with Crippen molar-refractivity contribution in [2.75, 3.05) is 10.5 Å². The highest BCUT2D eigenvalue weighted by Crippen LogP contribution is 2.27. The van der Waals surface area contributed by atoms with Crippen molar-refractivity contribution < 1.29 is 17.2 Å². The van der Waals surface area contributed by atoms with Crippen LogP contribution in [0.1, 0.15) is 5.56 Å². The Morgan fingerprint density at radius 3 is 2.57 bits per heavy atom. The first-order chi connectivity index (χ1) is 9.85. The molecular formula is C13H9F2N3O2S. The third-order valence-electron chi connectivity index (χ3n) is 2.64. The van der Waals surface area contributed by atoms with Crippen LogP contribution in [0.4, 0.5) is 20.2 Å². The van der Waals surface area contributed by atoms with E-state index >= 15 is 0 Å². The van der Waals surface area contributed by atoms with Gasteiger partial charge >= 0.3 is 0 Å². The van der Waals surface area contributed by atoms with E-state index in [0.29, 0.717) is 0 Å². The summed E-state index contributed by atoms with van der Waals surface area (Å²) in [5, 5.41) is 8.75. The summed E-state index contributed by atoms with van der Waals surface area (Å²) >= 11 is 0. The van der Waals surface area contributed by atoms with Gasteiger partial charge in [-0.3, -0.25) is 4.72 Å². The van der Waals surface area contributed by atoms with Gasteiger partial charge in [-0.05, 0) is 30.3 Å². The van der Waals surface area contributed by atoms with Crippen LogP contribution in [0.15, 0.2) is 41.3 Å². The van der Waals surface area contributed by atoms with Crippen molar-refractivity contribution in [3.63, 3.8) is 0 Å². The van der Waals surface area contributed by atoms with Gasteiger partial charge in [0.25, 0.3) is 10.0 Å². The van der Waals surface area contributed by atoms with Crippen LogP contribution in [0.2, 0.25) is 0 Å². The van der Waals surface area contributed by atoms with Crippen molar-refractivity contribution in [2.24, 2.45) is 0 Å². The lowest BCUT2D eigenvalue weighted by molar-refractivity contribution is 0.512. The van der Waals surface area contributed by atoms with Crippen molar-refractivity contribution in [3.05, 3.63) is 53.6 Å². The van der Waals surface area contributed by atoms with Gasteiger partial charge in [-0.1, -0.05) is 6.07 Å². The first-order valence-corrected chi connectivity index (χ1v) is 7.10. The van der Waals surface area contributed by atoms with E-state index in [1.165, 1.54) is 18.2 Å². The zero-order chi connectivity index (χ0) is 15.6. The predicted molar refractivity (Wildman–Crippen MR) is 72.7 cm³/mol. The summed E-state index contributed by atoms with van der Waals surface area (Å²) in [4.78, 5) is -0.260. The molecule has 0 fully saturated rings. The first-order valence-electron chi connectivity index (χ1n) is 5.61. The summed E-state index contributed by atoms with van der Waals surface area (Å²) in [5.74, 6) is -2.62. The minimum absolute atomic E-state index is 0.116. The molecule has 0 spiro atoms. The van der Waals surface area contributed by atoms with E-state index in [4.69, 9.17) is 11.0 Å². The maximum Gasteiger partial charge on any atom is 0.262 e. The van der Waals surface area contributed by atoms with E-state index in [2.05, 4.69) is 0 Å². The Morgan fingerprint density at radius 2 is 1.90 bits per heavy atom. The van der Waals surface area contributed by atoms with Gasteiger partial charge in [-0.15, -0.1) is 0 Å². The highest BCUT2D eigenvalue weighted by Gasteiger charge is 2.20. The Morgan fingerprint density at radius 1 is 1.19 bits per heavy atom. The summed E-state index contributed by atoms with van der Waals surface area (Å²) in [7, 11) is -4.20. The molecule has 2 rings (SSSR count). The largest absolute Gasteiger partial charge is 0.397 e. The Hall–Kier alpha value is -2.66. The van der Waals surface area contributed by atoms with E-state index in [9.17, 15) is 17.2 Å². The Labute approximate surface area is 119 Å². The maximum atomic E-state index is 13.6. The molecule has 108 valence electrons. The topological polar surface area (TPSA) is 96.0 Å². The number of nitrogen functional groups attached to an aromatic ring is 1. The lowest BCUT2D eigenvalue weighted by Gasteiger charge is -2.11. The van der Waals surface area contributed by atoms with Gasteiger partial charge in [-0.25, -0.2) is 17.2 Å². The molecule has 0 aliphatic heterocycles. The van der Waals surface area contributed by atoms with Crippen LogP contribution in [0.5, 0.6) is 0 Å². The molecule has 21 heavy (non-hydrogen) atoms. The van der Waals surface area contributed by atoms with Crippen molar-refractivity contribution in [1.29, 1.82) is 5.26 Å². The average Bonchev–Trinajstić information content (AvgIpc) is 2.48. The molecule has 8 heteroatoms. The van der Waals surface area contributed by atoms with Crippen LogP contribution in [0, 0.1) is 23.0 Å². The minimum atomic E-state index is -4.20. The molecule has 0 saturated heterocycles. The molecule has 0 amide bonds. The van der Waals surface area contributed by atoms with E-state index in [0.717, 1.165) is 18.2 Å². The molecule has 3 N–H and O–H groups in total. The van der Waals surface area contributed by atoms with Crippen molar-refractivity contribution in [1.82, 2.24) is 0 Å². The van der Waals surface area contributed by atoms with Crippen LogP contribution in [-0.4, -0.2) is 8.42 Å². The van der Waals surface area contributed by atoms with Gasteiger partial charge in [0.1, 0.15) is 5.69 Å². The second-order valence-electron chi connectivity index (χ2n) is 4.07. The van der Waals surface area contributed by atoms with Gasteiger partial charge in [0, 0.05) is 0 Å². The van der Waals surface area contributed by atoms with Gasteiger partial charge in [0.05, 0.1) is 22.2 Å². The number of rotatable bonds is 3. The quantitative estimate of drug-likeness (QED) is 0.850. The SMILES string of the molecule is N#Cc1cccc(S(=O)(=O)Nc2c(N)ccc(F)c2F)c1. The molecule has 0 aliphatic carbocycles. The monoisotopic (exact) mass is 309 g/mol. The number of nitriles is 1. The number of nitrogens with one attached hydrogen (secondary N) is 1. The van der Waals surface area contributed by atoms with Crippen molar-refractivity contribution >= 4 is 21.4 Å². The molecule has 5 nitrogen and oxygen atoms in total. The lowest BCUT2D eigenvalue weighted by atomic mass is 10.2. The fourth-order valence-electron chi connectivity index (χ4n) is 1.60. The average molecular weight is 309 g/mol. The molecule has 0 aliphatic rings.